The summed E-state index contributed by atoms with van der Waals surface area (Å²) in [6.07, 6.45) is 18.9. The lowest BCUT2D eigenvalue weighted by Crippen LogP contribution is -2.44. The SMILES string of the molecule is CCCCCCCCN1C(=O)c2cc(-c3ccncc3)c3c4c(cc(-c5ccncc5)c(c24)C1=O)C(=O)N(CCCCCCCC)C3=O. The van der Waals surface area contributed by atoms with Gasteiger partial charge in [-0.25, -0.2) is 0 Å². The summed E-state index contributed by atoms with van der Waals surface area (Å²) in [7, 11) is 0. The molecule has 8 nitrogen and oxygen atoms in total. The van der Waals surface area contributed by atoms with Gasteiger partial charge in [0.15, 0.2) is 0 Å². The van der Waals surface area contributed by atoms with E-state index in [1.807, 2.05) is 24.3 Å². The third-order valence-corrected chi connectivity index (χ3v) is 9.73. The molecule has 0 spiro atoms. The van der Waals surface area contributed by atoms with Crippen molar-refractivity contribution in [3.05, 3.63) is 83.4 Å². The molecule has 6 rings (SSSR count). The molecule has 0 aliphatic carbocycles. The molecule has 2 aliphatic rings. The Hall–Kier alpha value is -4.72. The van der Waals surface area contributed by atoms with Gasteiger partial charge in [-0.2, -0.15) is 0 Å². The van der Waals surface area contributed by atoms with Crippen molar-refractivity contribution < 1.29 is 19.2 Å². The molecule has 2 aromatic heterocycles. The average Bonchev–Trinajstić information content (AvgIpc) is 3.11. The molecule has 0 saturated heterocycles. The first kappa shape index (κ1) is 33.2. The number of pyridine rings is 2. The maximum absolute atomic E-state index is 14.4. The molecule has 4 heterocycles. The zero-order valence-corrected chi connectivity index (χ0v) is 28.1. The molecular weight excluding hydrogens is 600 g/mol. The van der Waals surface area contributed by atoms with E-state index in [0.29, 0.717) is 70.1 Å². The summed E-state index contributed by atoms with van der Waals surface area (Å²) in [5.41, 5.74) is 3.96. The van der Waals surface area contributed by atoms with Crippen molar-refractivity contribution in [2.24, 2.45) is 0 Å². The summed E-state index contributed by atoms with van der Waals surface area (Å²) < 4.78 is 0. The summed E-state index contributed by atoms with van der Waals surface area (Å²) in [6.45, 7) is 4.96. The van der Waals surface area contributed by atoms with Gasteiger partial charge in [0, 0.05) is 59.8 Å². The van der Waals surface area contributed by atoms with Gasteiger partial charge in [0.2, 0.25) is 0 Å². The van der Waals surface area contributed by atoms with Gasteiger partial charge < -0.3 is 0 Å². The molecular formula is C40H44N4O4. The largest absolute Gasteiger partial charge is 0.274 e. The first-order chi connectivity index (χ1) is 23.5. The van der Waals surface area contributed by atoms with E-state index < -0.39 is 23.6 Å². The maximum Gasteiger partial charge on any atom is 0.262 e. The normalized spacial score (nSPS) is 14.0. The molecule has 8 heteroatoms. The number of nitrogens with zero attached hydrogens (tertiary/aromatic N) is 4. The second-order valence-corrected chi connectivity index (χ2v) is 13.0. The Balaban J connectivity index is 1.52. The smallest absolute Gasteiger partial charge is 0.262 e. The third kappa shape index (κ3) is 6.28. The molecule has 48 heavy (non-hydrogen) atoms. The number of unbranched alkanes of at least 4 members (excludes halogenated alkanes) is 10. The van der Waals surface area contributed by atoms with E-state index in [1.54, 1.807) is 36.9 Å². The lowest BCUT2D eigenvalue weighted by molar-refractivity contribution is 0.0587. The molecule has 0 fully saturated rings. The highest BCUT2D eigenvalue weighted by molar-refractivity contribution is 6.36. The van der Waals surface area contributed by atoms with Crippen LogP contribution in [-0.2, 0) is 0 Å². The van der Waals surface area contributed by atoms with Gasteiger partial charge in [-0.3, -0.25) is 38.9 Å². The Morgan fingerprint density at radius 3 is 1.19 bits per heavy atom. The van der Waals surface area contributed by atoms with Crippen LogP contribution in [0.2, 0.25) is 0 Å². The summed E-state index contributed by atoms with van der Waals surface area (Å²) in [5.74, 6) is -1.57. The van der Waals surface area contributed by atoms with Crippen LogP contribution >= 0.6 is 0 Å². The van der Waals surface area contributed by atoms with Crippen molar-refractivity contribution in [3.63, 3.8) is 0 Å². The number of hydrogen-bond donors (Lipinski definition) is 0. The zero-order chi connectivity index (χ0) is 33.6. The van der Waals surface area contributed by atoms with E-state index in [4.69, 9.17) is 0 Å². The number of carbonyl (C=O) groups excluding carboxylic acids is 4. The van der Waals surface area contributed by atoms with Crippen LogP contribution in [0.4, 0.5) is 0 Å². The van der Waals surface area contributed by atoms with E-state index >= 15 is 0 Å². The molecule has 2 aliphatic heterocycles. The molecule has 248 valence electrons. The molecule has 2 aromatic carbocycles. The Labute approximate surface area is 282 Å². The average molecular weight is 645 g/mol. The molecule has 0 saturated carbocycles. The van der Waals surface area contributed by atoms with Crippen LogP contribution in [0.25, 0.3) is 33.0 Å². The Bertz CT molecular complexity index is 1700. The summed E-state index contributed by atoms with van der Waals surface area (Å²) >= 11 is 0. The molecule has 0 unspecified atom stereocenters. The number of carbonyl (C=O) groups is 4. The fourth-order valence-corrected chi connectivity index (χ4v) is 7.19. The molecule has 4 aromatic rings. The molecule has 0 atom stereocenters. The number of rotatable bonds is 16. The van der Waals surface area contributed by atoms with Crippen LogP contribution in [0.3, 0.4) is 0 Å². The van der Waals surface area contributed by atoms with Crippen molar-refractivity contribution >= 4 is 34.4 Å². The highest BCUT2D eigenvalue weighted by Crippen LogP contribution is 2.46. The van der Waals surface area contributed by atoms with E-state index in [9.17, 15) is 19.2 Å². The summed E-state index contributed by atoms with van der Waals surface area (Å²) in [6, 6.07) is 10.8. The minimum atomic E-state index is -0.393. The number of imide groups is 2. The van der Waals surface area contributed by atoms with Gasteiger partial charge in [-0.05, 0) is 71.5 Å². The van der Waals surface area contributed by atoms with Gasteiger partial charge in [0.1, 0.15) is 0 Å². The van der Waals surface area contributed by atoms with Crippen LogP contribution in [0, 0.1) is 0 Å². The van der Waals surface area contributed by atoms with Crippen LogP contribution in [0.15, 0.2) is 61.2 Å². The number of amides is 4. The number of hydrogen-bond acceptors (Lipinski definition) is 6. The Morgan fingerprint density at radius 2 is 0.812 bits per heavy atom. The Kier molecular flexibility index (Phi) is 10.4. The first-order valence-corrected chi connectivity index (χ1v) is 17.7. The fourth-order valence-electron chi connectivity index (χ4n) is 7.19. The standard InChI is InChI=1S/C40H44N4O4/c1-3-5-7-9-11-13-23-43-37(45)31-25-30(28-17-21-42-22-18-28)36-34-32(38(46)44(40(36)48)24-14-12-10-8-6-4-2)26-29(27-15-19-41-20-16-27)35(33(31)34)39(43)47/h15-22,25-26H,3-14,23-24H2,1-2H3. The molecule has 0 bridgehead atoms. The fraction of sp³-hybridized carbons (Fsp3) is 0.400. The van der Waals surface area contributed by atoms with Crippen molar-refractivity contribution in [2.75, 3.05) is 13.1 Å². The second kappa shape index (κ2) is 15.0. The first-order valence-electron chi connectivity index (χ1n) is 17.7. The summed E-state index contributed by atoms with van der Waals surface area (Å²) in [4.78, 5) is 68.6. The lowest BCUT2D eigenvalue weighted by Gasteiger charge is -2.34. The zero-order valence-electron chi connectivity index (χ0n) is 28.1. The van der Waals surface area contributed by atoms with E-state index in [1.165, 1.54) is 22.6 Å². The quantitative estimate of drug-likeness (QED) is 0.0892. The molecule has 0 N–H and O–H groups in total. The van der Waals surface area contributed by atoms with Gasteiger partial charge in [-0.1, -0.05) is 78.1 Å². The van der Waals surface area contributed by atoms with Crippen molar-refractivity contribution in [3.8, 4) is 22.3 Å². The van der Waals surface area contributed by atoms with Crippen molar-refractivity contribution in [2.45, 2.75) is 90.9 Å². The van der Waals surface area contributed by atoms with Crippen LogP contribution in [0.5, 0.6) is 0 Å². The van der Waals surface area contributed by atoms with Gasteiger partial charge in [0.25, 0.3) is 23.6 Å². The number of benzene rings is 2. The lowest BCUT2D eigenvalue weighted by atomic mass is 9.79. The van der Waals surface area contributed by atoms with Crippen molar-refractivity contribution in [1.82, 2.24) is 19.8 Å². The topological polar surface area (TPSA) is 101 Å². The van der Waals surface area contributed by atoms with E-state index in [2.05, 4.69) is 23.8 Å². The molecule has 4 amide bonds. The van der Waals surface area contributed by atoms with Gasteiger partial charge in [0.05, 0.1) is 11.1 Å². The van der Waals surface area contributed by atoms with Gasteiger partial charge in [-0.15, -0.1) is 0 Å². The number of aromatic nitrogens is 2. The van der Waals surface area contributed by atoms with Crippen LogP contribution in [0.1, 0.15) is 132 Å². The minimum Gasteiger partial charge on any atom is -0.274 e. The van der Waals surface area contributed by atoms with Crippen molar-refractivity contribution in [1.29, 1.82) is 0 Å². The highest BCUT2D eigenvalue weighted by Gasteiger charge is 2.42. The van der Waals surface area contributed by atoms with Gasteiger partial charge >= 0.3 is 0 Å². The Morgan fingerprint density at radius 1 is 0.458 bits per heavy atom. The van der Waals surface area contributed by atoms with E-state index in [-0.39, 0.29) is 0 Å². The second-order valence-electron chi connectivity index (χ2n) is 13.0. The molecule has 0 radical (unpaired) electrons. The van der Waals surface area contributed by atoms with E-state index in [0.717, 1.165) is 62.5 Å². The minimum absolute atomic E-state index is 0.304. The van der Waals surface area contributed by atoms with Crippen LogP contribution < -0.4 is 0 Å². The highest BCUT2D eigenvalue weighted by atomic mass is 16.2. The summed E-state index contributed by atoms with van der Waals surface area (Å²) in [5, 5.41) is 0.782. The van der Waals surface area contributed by atoms with Crippen LogP contribution in [-0.4, -0.2) is 56.5 Å². The maximum atomic E-state index is 14.4. The predicted molar refractivity (Wildman–Crippen MR) is 188 cm³/mol. The monoisotopic (exact) mass is 644 g/mol. The predicted octanol–water partition coefficient (Wildman–Crippen LogP) is 8.88. The third-order valence-electron chi connectivity index (χ3n) is 9.73.